The minimum absolute atomic E-state index is 0.0903. The van der Waals surface area contributed by atoms with E-state index in [-0.39, 0.29) is 11.6 Å². The normalized spacial score (nSPS) is 16.8. The number of hydrogen-bond donors (Lipinski definition) is 2. The van der Waals surface area contributed by atoms with Gasteiger partial charge in [0.15, 0.2) is 0 Å². The molecule has 0 unspecified atom stereocenters. The van der Waals surface area contributed by atoms with Gasteiger partial charge in [-0.05, 0) is 57.9 Å². The first-order valence-electron chi connectivity index (χ1n) is 7.42. The lowest BCUT2D eigenvalue weighted by Crippen LogP contribution is -2.54. The molecule has 1 fully saturated rings. The van der Waals surface area contributed by atoms with E-state index < -0.39 is 6.09 Å². The molecule has 0 spiro atoms. The number of nitrogen functional groups attached to an aromatic ring is 1. The van der Waals surface area contributed by atoms with Gasteiger partial charge in [0.05, 0.1) is 0 Å². The molecule has 1 aliphatic rings. The Bertz CT molecular complexity index is 485. The Morgan fingerprint density at radius 2 is 1.76 bits per heavy atom. The SMILES string of the molecule is CC(C)(C)N(C(=O)O)C1CCN(c2ccc(N)cc2)CC1. The Hall–Kier alpha value is -1.91. The second-order valence-corrected chi connectivity index (χ2v) is 6.63. The molecule has 5 heteroatoms. The van der Waals surface area contributed by atoms with Crippen molar-refractivity contribution in [1.29, 1.82) is 0 Å². The molecule has 0 saturated carbocycles. The minimum Gasteiger partial charge on any atom is -0.465 e. The van der Waals surface area contributed by atoms with Gasteiger partial charge >= 0.3 is 6.09 Å². The number of carboxylic acid groups (broad SMARTS) is 1. The second kappa shape index (κ2) is 5.84. The lowest BCUT2D eigenvalue weighted by Gasteiger charge is -2.44. The summed E-state index contributed by atoms with van der Waals surface area (Å²) in [4.78, 5) is 15.4. The van der Waals surface area contributed by atoms with E-state index in [1.54, 1.807) is 4.90 Å². The summed E-state index contributed by atoms with van der Waals surface area (Å²) in [7, 11) is 0. The van der Waals surface area contributed by atoms with Gasteiger partial charge in [0.2, 0.25) is 0 Å². The number of amides is 1. The third kappa shape index (κ3) is 3.60. The van der Waals surface area contributed by atoms with E-state index in [4.69, 9.17) is 5.73 Å². The minimum atomic E-state index is -0.826. The number of rotatable bonds is 2. The third-order valence-corrected chi connectivity index (χ3v) is 4.02. The standard InChI is InChI=1S/C16H25N3O2/c1-16(2,3)19(15(20)21)14-8-10-18(11-9-14)13-6-4-12(17)5-7-13/h4-7,14H,8-11,17H2,1-3H3,(H,20,21). The van der Waals surface area contributed by atoms with Crippen LogP contribution in [0, 0.1) is 0 Å². The molecule has 1 heterocycles. The maximum Gasteiger partial charge on any atom is 0.407 e. The van der Waals surface area contributed by atoms with E-state index in [1.165, 1.54) is 0 Å². The van der Waals surface area contributed by atoms with Crippen molar-refractivity contribution in [3.8, 4) is 0 Å². The van der Waals surface area contributed by atoms with Gasteiger partial charge in [0, 0.05) is 36.0 Å². The molecule has 2 rings (SSSR count). The molecule has 116 valence electrons. The van der Waals surface area contributed by atoms with Gasteiger partial charge in [-0.2, -0.15) is 0 Å². The van der Waals surface area contributed by atoms with Gasteiger partial charge in [-0.3, -0.25) is 0 Å². The fraction of sp³-hybridized carbons (Fsp3) is 0.562. The molecule has 1 amide bonds. The van der Waals surface area contributed by atoms with Crippen molar-refractivity contribution < 1.29 is 9.90 Å². The van der Waals surface area contributed by atoms with Gasteiger partial charge in [-0.15, -0.1) is 0 Å². The summed E-state index contributed by atoms with van der Waals surface area (Å²) in [6.07, 6.45) is 0.885. The molecule has 21 heavy (non-hydrogen) atoms. The summed E-state index contributed by atoms with van der Waals surface area (Å²) in [6, 6.07) is 7.94. The maximum absolute atomic E-state index is 11.5. The molecule has 3 N–H and O–H groups in total. The summed E-state index contributed by atoms with van der Waals surface area (Å²) in [5.41, 5.74) is 7.26. The Labute approximate surface area is 126 Å². The van der Waals surface area contributed by atoms with Crippen molar-refractivity contribution in [2.45, 2.75) is 45.2 Å². The molecule has 0 radical (unpaired) electrons. The van der Waals surface area contributed by atoms with E-state index in [9.17, 15) is 9.90 Å². The van der Waals surface area contributed by atoms with Crippen molar-refractivity contribution in [1.82, 2.24) is 4.90 Å². The molecule has 1 aromatic rings. The van der Waals surface area contributed by atoms with Crippen molar-refractivity contribution in [3.05, 3.63) is 24.3 Å². The molecule has 0 bridgehead atoms. The monoisotopic (exact) mass is 291 g/mol. The number of benzene rings is 1. The van der Waals surface area contributed by atoms with Crippen LogP contribution in [0.4, 0.5) is 16.2 Å². The Morgan fingerprint density at radius 3 is 2.19 bits per heavy atom. The van der Waals surface area contributed by atoms with Crippen molar-refractivity contribution in [2.75, 3.05) is 23.7 Å². The van der Waals surface area contributed by atoms with Crippen LogP contribution in [-0.2, 0) is 0 Å². The topological polar surface area (TPSA) is 69.8 Å². The van der Waals surface area contributed by atoms with Crippen molar-refractivity contribution in [3.63, 3.8) is 0 Å². The number of hydrogen-bond acceptors (Lipinski definition) is 3. The maximum atomic E-state index is 11.5. The number of piperidine rings is 1. The highest BCUT2D eigenvalue weighted by Gasteiger charge is 2.35. The molecule has 1 saturated heterocycles. The summed E-state index contributed by atoms with van der Waals surface area (Å²) >= 11 is 0. The third-order valence-electron chi connectivity index (χ3n) is 4.02. The average molecular weight is 291 g/mol. The number of anilines is 2. The zero-order chi connectivity index (χ0) is 15.6. The van der Waals surface area contributed by atoms with E-state index >= 15 is 0 Å². The Balaban J connectivity index is 2.02. The first-order chi connectivity index (χ1) is 9.79. The van der Waals surface area contributed by atoms with E-state index in [0.29, 0.717) is 0 Å². The number of nitrogens with zero attached hydrogens (tertiary/aromatic N) is 2. The molecule has 1 aliphatic heterocycles. The van der Waals surface area contributed by atoms with Crippen molar-refractivity contribution in [2.24, 2.45) is 0 Å². The Morgan fingerprint density at radius 1 is 1.24 bits per heavy atom. The Kier molecular flexibility index (Phi) is 4.30. The fourth-order valence-corrected chi connectivity index (χ4v) is 3.06. The molecule has 1 aromatic carbocycles. The van der Waals surface area contributed by atoms with E-state index in [2.05, 4.69) is 4.90 Å². The van der Waals surface area contributed by atoms with Crippen molar-refractivity contribution >= 4 is 17.5 Å². The molecule has 0 atom stereocenters. The predicted molar refractivity (Wildman–Crippen MR) is 85.7 cm³/mol. The van der Waals surface area contributed by atoms with E-state index in [0.717, 1.165) is 37.3 Å². The van der Waals surface area contributed by atoms with Gasteiger partial charge < -0.3 is 20.6 Å². The van der Waals surface area contributed by atoms with Crippen LogP contribution in [0.1, 0.15) is 33.6 Å². The van der Waals surface area contributed by atoms with Gasteiger partial charge in [0.1, 0.15) is 0 Å². The lowest BCUT2D eigenvalue weighted by atomic mass is 9.96. The molecular formula is C16H25N3O2. The van der Waals surface area contributed by atoms with E-state index in [1.807, 2.05) is 45.0 Å². The van der Waals surface area contributed by atoms with Gasteiger partial charge in [-0.1, -0.05) is 0 Å². The highest BCUT2D eigenvalue weighted by molar-refractivity contribution is 5.66. The predicted octanol–water partition coefficient (Wildman–Crippen LogP) is 3.02. The molecule has 5 nitrogen and oxygen atoms in total. The average Bonchev–Trinajstić information content (AvgIpc) is 2.38. The summed E-state index contributed by atoms with van der Waals surface area (Å²) in [5.74, 6) is 0. The van der Waals surface area contributed by atoms with Crippen LogP contribution in [0.25, 0.3) is 0 Å². The zero-order valence-electron chi connectivity index (χ0n) is 13.0. The largest absolute Gasteiger partial charge is 0.465 e. The summed E-state index contributed by atoms with van der Waals surface area (Å²) in [5, 5.41) is 9.47. The molecule has 0 aromatic heterocycles. The fourth-order valence-electron chi connectivity index (χ4n) is 3.06. The first kappa shape index (κ1) is 15.5. The van der Waals surface area contributed by atoms with Crippen LogP contribution in [0.2, 0.25) is 0 Å². The van der Waals surface area contributed by atoms with Crippen LogP contribution >= 0.6 is 0 Å². The van der Waals surface area contributed by atoms with Crippen LogP contribution in [0.15, 0.2) is 24.3 Å². The zero-order valence-corrected chi connectivity index (χ0v) is 13.0. The smallest absolute Gasteiger partial charge is 0.407 e. The number of nitrogens with two attached hydrogens (primary N) is 1. The van der Waals surface area contributed by atoms with Gasteiger partial charge in [0.25, 0.3) is 0 Å². The molecule has 0 aliphatic carbocycles. The lowest BCUT2D eigenvalue weighted by molar-refractivity contribution is 0.0616. The van der Waals surface area contributed by atoms with Gasteiger partial charge in [-0.25, -0.2) is 4.79 Å². The highest BCUT2D eigenvalue weighted by Crippen LogP contribution is 2.27. The van der Waals surface area contributed by atoms with Crippen LogP contribution in [0.3, 0.4) is 0 Å². The summed E-state index contributed by atoms with van der Waals surface area (Å²) in [6.45, 7) is 7.59. The first-order valence-corrected chi connectivity index (χ1v) is 7.42. The van der Waals surface area contributed by atoms with Crippen LogP contribution < -0.4 is 10.6 Å². The molecular weight excluding hydrogens is 266 g/mol. The van der Waals surface area contributed by atoms with Crippen LogP contribution in [-0.4, -0.2) is 40.8 Å². The second-order valence-electron chi connectivity index (χ2n) is 6.63. The van der Waals surface area contributed by atoms with Crippen LogP contribution in [0.5, 0.6) is 0 Å². The quantitative estimate of drug-likeness (QED) is 0.822. The highest BCUT2D eigenvalue weighted by atomic mass is 16.4. The summed E-state index contributed by atoms with van der Waals surface area (Å²) < 4.78 is 0. The number of carbonyl (C=O) groups is 1.